The van der Waals surface area contributed by atoms with Gasteiger partial charge < -0.3 is 23.8 Å². The molecule has 0 heterocycles. The second-order valence-electron chi connectivity index (χ2n) is 5.73. The number of esters is 1. The molecule has 0 amide bonds. The molecule has 0 saturated heterocycles. The average Bonchev–Trinajstić information content (AvgIpc) is 2.46. The summed E-state index contributed by atoms with van der Waals surface area (Å²) < 4.78 is 27.6. The lowest BCUT2D eigenvalue weighted by molar-refractivity contribution is -0.141. The summed E-state index contributed by atoms with van der Waals surface area (Å²) in [4.78, 5) is 15.7. The van der Waals surface area contributed by atoms with Gasteiger partial charge in [0.2, 0.25) is 5.39 Å². The van der Waals surface area contributed by atoms with Crippen molar-refractivity contribution in [1.29, 1.82) is 5.39 Å². The molecule has 0 aliphatic rings. The Morgan fingerprint density at radius 2 is 1.75 bits per heavy atom. The lowest BCUT2D eigenvalue weighted by atomic mass is 10.1. The second-order valence-corrected chi connectivity index (χ2v) is 7.66. The first-order valence-corrected chi connectivity index (χ1v) is 9.14. The standard InChI is InChI=1S/C14H26N3O6P/c1-7-22-24(20,23-8-2)12(16-15)13(19)17(14(3,4)5)10-9-11(18)21-6/h7-10H2,1-6H3/p+1. The van der Waals surface area contributed by atoms with Crippen LogP contribution in [0.5, 0.6) is 0 Å². The van der Waals surface area contributed by atoms with Gasteiger partial charge in [-0.25, -0.2) is 4.57 Å². The molecule has 0 aromatic carbocycles. The summed E-state index contributed by atoms with van der Waals surface area (Å²) in [6.07, 6.45) is -0.0237. The van der Waals surface area contributed by atoms with E-state index in [0.717, 1.165) is 0 Å². The fraction of sp³-hybridized carbons (Fsp3) is 0.786. The van der Waals surface area contributed by atoms with E-state index in [4.69, 9.17) is 9.05 Å². The van der Waals surface area contributed by atoms with Crippen LogP contribution in [-0.4, -0.2) is 48.4 Å². The second kappa shape index (κ2) is 9.62. The van der Waals surface area contributed by atoms with Crippen molar-refractivity contribution in [3.63, 3.8) is 0 Å². The van der Waals surface area contributed by atoms with Gasteiger partial charge in [-0.3, -0.25) is 4.79 Å². The van der Waals surface area contributed by atoms with Crippen LogP contribution in [0, 0.1) is 5.39 Å². The Morgan fingerprint density at radius 3 is 2.08 bits per heavy atom. The molecule has 138 valence electrons. The molecular weight excluding hydrogens is 337 g/mol. The number of hydrogen-bond acceptors (Lipinski definition) is 8. The minimum Gasteiger partial charge on any atom is -0.489 e. The third kappa shape index (κ3) is 6.11. The maximum absolute atomic E-state index is 12.8. The minimum absolute atomic E-state index is 0.0237. The average molecular weight is 364 g/mol. The van der Waals surface area contributed by atoms with Gasteiger partial charge in [-0.05, 0) is 34.6 Å². The van der Waals surface area contributed by atoms with Crippen LogP contribution in [0.2, 0.25) is 0 Å². The van der Waals surface area contributed by atoms with Crippen molar-refractivity contribution in [2.75, 3.05) is 26.9 Å². The van der Waals surface area contributed by atoms with Gasteiger partial charge in [0.15, 0.2) is 4.98 Å². The fourth-order valence-corrected chi connectivity index (χ4v) is 3.38. The number of rotatable bonds is 9. The van der Waals surface area contributed by atoms with E-state index in [1.807, 2.05) is 0 Å². The van der Waals surface area contributed by atoms with Crippen molar-refractivity contribution < 1.29 is 28.3 Å². The van der Waals surface area contributed by atoms with Crippen molar-refractivity contribution in [3.8, 4) is 0 Å². The van der Waals surface area contributed by atoms with Crippen LogP contribution in [-0.2, 0) is 23.1 Å². The van der Waals surface area contributed by atoms with Gasteiger partial charge in [-0.15, -0.1) is 0 Å². The van der Waals surface area contributed by atoms with Gasteiger partial charge >= 0.3 is 19.0 Å². The Bertz CT molecular complexity index is 540. The molecule has 0 fully saturated rings. The van der Waals surface area contributed by atoms with Crippen LogP contribution >= 0.6 is 7.60 Å². The van der Waals surface area contributed by atoms with E-state index in [1.165, 1.54) is 12.0 Å². The van der Waals surface area contributed by atoms with Crippen LogP contribution in [0.25, 0.3) is 4.98 Å². The summed E-state index contributed by atoms with van der Waals surface area (Å²) in [6, 6.07) is 0. The molecule has 9 nitrogen and oxygen atoms in total. The Labute approximate surface area is 142 Å². The molecule has 0 aliphatic carbocycles. The Hall–Kier alpha value is -1.62. The summed E-state index contributed by atoms with van der Waals surface area (Å²) in [5, 5.41) is 19.8. The van der Waals surface area contributed by atoms with Gasteiger partial charge in [-0.2, -0.15) is 0 Å². The summed E-state index contributed by atoms with van der Waals surface area (Å²) >= 11 is 0. The highest BCUT2D eigenvalue weighted by Gasteiger charge is 2.48. The van der Waals surface area contributed by atoms with Gasteiger partial charge in [0, 0.05) is 12.1 Å². The normalized spacial score (nSPS) is 13.0. The maximum atomic E-state index is 12.8. The zero-order valence-corrected chi connectivity index (χ0v) is 16.0. The topological polar surface area (TPSA) is 113 Å². The smallest absolute Gasteiger partial charge is 0.489 e. The molecule has 24 heavy (non-hydrogen) atoms. The molecule has 0 aromatic heterocycles. The summed E-state index contributed by atoms with van der Waals surface area (Å²) in [7, 11) is -2.75. The van der Waals surface area contributed by atoms with E-state index in [1.54, 1.807) is 34.6 Å². The number of carbonyl (C=O) groups is 1. The van der Waals surface area contributed by atoms with Crippen LogP contribution in [0.15, 0.2) is 11.3 Å². The highest BCUT2D eigenvalue weighted by Crippen LogP contribution is 2.58. The molecule has 0 aliphatic heterocycles. The molecule has 0 bridgehead atoms. The monoisotopic (exact) mass is 364 g/mol. The highest BCUT2D eigenvalue weighted by atomic mass is 31.2. The van der Waals surface area contributed by atoms with Crippen molar-refractivity contribution in [1.82, 2.24) is 4.90 Å². The lowest BCUT2D eigenvalue weighted by Gasteiger charge is -2.35. The van der Waals surface area contributed by atoms with Crippen molar-refractivity contribution in [2.24, 2.45) is 0 Å². The fourth-order valence-electron chi connectivity index (χ4n) is 1.91. The molecule has 0 radical (unpaired) electrons. The first-order valence-electron chi connectivity index (χ1n) is 7.59. The van der Waals surface area contributed by atoms with Crippen LogP contribution < -0.4 is 0 Å². The SMILES string of the molecule is CCOP(=O)(OCC)/C([N+]#N)=C(\O)N(CCC(=O)OC)C(C)(C)C. The van der Waals surface area contributed by atoms with Crippen molar-refractivity contribution in [3.05, 3.63) is 16.3 Å². The van der Waals surface area contributed by atoms with Gasteiger partial charge in [0.1, 0.15) is 0 Å². The van der Waals surface area contributed by atoms with E-state index >= 15 is 0 Å². The summed E-state index contributed by atoms with van der Waals surface area (Å²) in [5.74, 6) is -1.06. The maximum Gasteiger partial charge on any atom is 0.528 e. The molecule has 1 N–H and O–H groups in total. The molecule has 0 rings (SSSR count). The number of ether oxygens (including phenoxy) is 1. The van der Waals surface area contributed by atoms with E-state index in [2.05, 4.69) is 9.71 Å². The molecule has 0 aromatic rings. The number of aliphatic hydroxyl groups excluding tert-OH is 1. The number of diazo groups is 1. The minimum atomic E-state index is -4.01. The van der Waals surface area contributed by atoms with Crippen LogP contribution in [0.3, 0.4) is 0 Å². The van der Waals surface area contributed by atoms with Crippen molar-refractivity contribution >= 4 is 13.6 Å². The first-order chi connectivity index (χ1) is 11.1. The number of aliphatic hydroxyl groups is 1. The zero-order chi connectivity index (χ0) is 19.0. The summed E-state index contributed by atoms with van der Waals surface area (Å²) in [6.45, 7) is 8.60. The van der Waals surface area contributed by atoms with Crippen LogP contribution in [0.1, 0.15) is 41.0 Å². The quantitative estimate of drug-likeness (QED) is 0.286. The third-order valence-corrected chi connectivity index (χ3v) is 4.99. The van der Waals surface area contributed by atoms with E-state index in [0.29, 0.717) is 0 Å². The number of methoxy groups -OCH3 is 1. The molecule has 0 atom stereocenters. The van der Waals surface area contributed by atoms with Crippen molar-refractivity contribution in [2.45, 2.75) is 46.6 Å². The molecule has 10 heteroatoms. The number of hydrogen-bond donors (Lipinski definition) is 1. The number of carbonyl (C=O) groups excluding carboxylic acids is 1. The Morgan fingerprint density at radius 1 is 1.25 bits per heavy atom. The first kappa shape index (κ1) is 22.4. The van der Waals surface area contributed by atoms with E-state index in [9.17, 15) is 19.9 Å². The Kier molecular flexibility index (Phi) is 8.97. The zero-order valence-electron chi connectivity index (χ0n) is 15.1. The largest absolute Gasteiger partial charge is 0.528 e. The molecule has 0 unspecified atom stereocenters. The van der Waals surface area contributed by atoms with Gasteiger partial charge in [-0.1, -0.05) is 0 Å². The molecule has 0 spiro atoms. The van der Waals surface area contributed by atoms with Gasteiger partial charge in [0.05, 0.1) is 26.7 Å². The molecule has 0 saturated carbocycles. The predicted octanol–water partition coefficient (Wildman–Crippen LogP) is 3.45. The summed E-state index contributed by atoms with van der Waals surface area (Å²) in [5.41, 5.74) is -1.27. The lowest BCUT2D eigenvalue weighted by Crippen LogP contribution is -2.42. The van der Waals surface area contributed by atoms with Crippen LogP contribution in [0.4, 0.5) is 0 Å². The van der Waals surface area contributed by atoms with Gasteiger partial charge in [0.25, 0.3) is 5.88 Å². The predicted molar refractivity (Wildman–Crippen MR) is 88.7 cm³/mol. The highest BCUT2D eigenvalue weighted by molar-refractivity contribution is 7.58. The molecular formula is C14H27N3O6P+. The van der Waals surface area contributed by atoms with E-state index in [-0.39, 0.29) is 26.2 Å². The Balaban J connectivity index is 5.93. The third-order valence-electron chi connectivity index (χ3n) is 2.98. The number of nitrogens with zero attached hydrogens (tertiary/aromatic N) is 3. The van der Waals surface area contributed by atoms with E-state index < -0.39 is 30.4 Å².